The molecule has 0 bridgehead atoms. The van der Waals surface area contributed by atoms with Gasteiger partial charge in [-0.15, -0.1) is 12.4 Å². The second kappa shape index (κ2) is 9.55. The van der Waals surface area contributed by atoms with Crippen molar-refractivity contribution in [1.29, 1.82) is 0 Å². The lowest BCUT2D eigenvalue weighted by Crippen LogP contribution is -2.46. The fraction of sp³-hybridized carbons (Fsp3) is 0.667. The monoisotopic (exact) mass is 420 g/mol. The number of urea groups is 2. The van der Waals surface area contributed by atoms with Crippen LogP contribution >= 0.6 is 12.4 Å². The molecule has 8 N–H and O–H groups in total. The number of guanidine groups is 1. The van der Waals surface area contributed by atoms with Crippen LogP contribution in [0, 0.1) is 0 Å². The minimum Gasteiger partial charge on any atom is -0.370 e. The van der Waals surface area contributed by atoms with Crippen LogP contribution in [0.1, 0.15) is 27.7 Å². The summed E-state index contributed by atoms with van der Waals surface area (Å²) in [4.78, 5) is 51.6. The van der Waals surface area contributed by atoms with Crippen molar-refractivity contribution in [2.24, 2.45) is 22.2 Å². The van der Waals surface area contributed by atoms with E-state index in [-0.39, 0.29) is 42.8 Å². The molecule has 2 aliphatic heterocycles. The average Bonchev–Trinajstić information content (AvgIpc) is 2.85. The fourth-order valence-electron chi connectivity index (χ4n) is 2.56. The van der Waals surface area contributed by atoms with Gasteiger partial charge in [-0.3, -0.25) is 25.2 Å². The lowest BCUT2D eigenvalue weighted by molar-refractivity contribution is -0.125. The molecule has 28 heavy (non-hydrogen) atoms. The number of amides is 6. The Bertz CT molecular complexity index is 660. The summed E-state index contributed by atoms with van der Waals surface area (Å²) in [6.07, 6.45) is 0. The SMILES string of the molecule is CC1(C)C(=O)NC(=O)N1CCN.CC1(C)C(=O)NC(=O)N1CCN=C(N)N.Cl. The van der Waals surface area contributed by atoms with E-state index in [1.807, 2.05) is 0 Å². The van der Waals surface area contributed by atoms with Crippen LogP contribution in [-0.4, -0.2) is 76.9 Å². The Balaban J connectivity index is 0.000000514. The van der Waals surface area contributed by atoms with Gasteiger partial charge in [0.05, 0.1) is 6.54 Å². The highest BCUT2D eigenvalue weighted by atomic mass is 35.5. The Kier molecular flexibility index (Phi) is 8.66. The van der Waals surface area contributed by atoms with Crippen molar-refractivity contribution in [2.75, 3.05) is 26.2 Å². The number of nitrogens with two attached hydrogens (primary N) is 3. The largest absolute Gasteiger partial charge is 0.370 e. The molecule has 2 rings (SSSR count). The van der Waals surface area contributed by atoms with E-state index >= 15 is 0 Å². The Labute approximate surface area is 169 Å². The van der Waals surface area contributed by atoms with E-state index in [0.29, 0.717) is 19.6 Å². The molecular formula is C15H29ClN8O4. The second-order valence-electron chi connectivity index (χ2n) is 7.04. The number of nitrogens with one attached hydrogen (secondary N) is 2. The van der Waals surface area contributed by atoms with Crippen LogP contribution < -0.4 is 27.8 Å². The van der Waals surface area contributed by atoms with Crippen molar-refractivity contribution in [3.8, 4) is 0 Å². The molecule has 0 unspecified atom stereocenters. The molecule has 0 aromatic heterocycles. The maximum absolute atomic E-state index is 11.4. The van der Waals surface area contributed by atoms with Gasteiger partial charge in [-0.05, 0) is 27.7 Å². The highest BCUT2D eigenvalue weighted by molar-refractivity contribution is 6.07. The highest BCUT2D eigenvalue weighted by Crippen LogP contribution is 2.20. The van der Waals surface area contributed by atoms with Gasteiger partial charge in [-0.25, -0.2) is 9.59 Å². The number of nitrogens with zero attached hydrogens (tertiary/aromatic N) is 3. The molecule has 2 fully saturated rings. The maximum Gasteiger partial charge on any atom is 0.325 e. The highest BCUT2D eigenvalue weighted by Gasteiger charge is 2.45. The molecule has 0 aliphatic carbocycles. The zero-order chi connectivity index (χ0) is 21.0. The number of hydrogen-bond donors (Lipinski definition) is 5. The molecule has 160 valence electrons. The first-order chi connectivity index (χ1) is 12.4. The molecule has 0 atom stereocenters. The van der Waals surface area contributed by atoms with Crippen molar-refractivity contribution in [3.63, 3.8) is 0 Å². The van der Waals surface area contributed by atoms with Crippen LogP contribution in [0.5, 0.6) is 0 Å². The summed E-state index contributed by atoms with van der Waals surface area (Å²) < 4.78 is 0. The smallest absolute Gasteiger partial charge is 0.325 e. The maximum atomic E-state index is 11.4. The quantitative estimate of drug-likeness (QED) is 0.198. The van der Waals surface area contributed by atoms with Gasteiger partial charge < -0.3 is 27.0 Å². The summed E-state index contributed by atoms with van der Waals surface area (Å²) in [6.45, 7) is 8.10. The normalized spacial score (nSPS) is 19.3. The van der Waals surface area contributed by atoms with Gasteiger partial charge in [0.2, 0.25) is 0 Å². The van der Waals surface area contributed by atoms with Crippen LogP contribution in [0.25, 0.3) is 0 Å². The van der Waals surface area contributed by atoms with Gasteiger partial charge in [0.25, 0.3) is 11.8 Å². The van der Waals surface area contributed by atoms with Crippen molar-refractivity contribution in [1.82, 2.24) is 20.4 Å². The third-order valence-corrected chi connectivity index (χ3v) is 4.36. The van der Waals surface area contributed by atoms with E-state index in [1.165, 1.54) is 9.80 Å². The lowest BCUT2D eigenvalue weighted by atomic mass is 10.0. The van der Waals surface area contributed by atoms with Gasteiger partial charge in [-0.1, -0.05) is 0 Å². The van der Waals surface area contributed by atoms with E-state index in [4.69, 9.17) is 17.2 Å². The first-order valence-electron chi connectivity index (χ1n) is 8.37. The molecule has 0 spiro atoms. The van der Waals surface area contributed by atoms with Gasteiger partial charge in [0.1, 0.15) is 11.1 Å². The third kappa shape index (κ3) is 5.45. The summed E-state index contributed by atoms with van der Waals surface area (Å²) in [6, 6.07) is -0.758. The molecule has 0 saturated carbocycles. The molecule has 13 heteroatoms. The minimum atomic E-state index is -0.837. The van der Waals surface area contributed by atoms with Crippen molar-refractivity contribution < 1.29 is 19.2 Å². The van der Waals surface area contributed by atoms with Crippen LogP contribution in [0.3, 0.4) is 0 Å². The Morgan fingerprint density at radius 3 is 1.57 bits per heavy atom. The van der Waals surface area contributed by atoms with E-state index in [1.54, 1.807) is 27.7 Å². The van der Waals surface area contributed by atoms with Crippen molar-refractivity contribution >= 4 is 42.2 Å². The molecule has 0 aromatic carbocycles. The summed E-state index contributed by atoms with van der Waals surface area (Å²) in [5.74, 6) is -0.600. The molecule has 0 radical (unpaired) electrons. The Morgan fingerprint density at radius 2 is 1.29 bits per heavy atom. The summed E-state index contributed by atoms with van der Waals surface area (Å²) in [5, 5.41) is 4.47. The summed E-state index contributed by atoms with van der Waals surface area (Å²) >= 11 is 0. The van der Waals surface area contributed by atoms with Crippen LogP contribution in [0.4, 0.5) is 9.59 Å². The first-order valence-corrected chi connectivity index (χ1v) is 8.37. The number of carbonyl (C=O) groups excluding carboxylic acids is 4. The van der Waals surface area contributed by atoms with Crippen LogP contribution in [0.15, 0.2) is 4.99 Å². The predicted molar refractivity (Wildman–Crippen MR) is 106 cm³/mol. The number of imide groups is 2. The van der Waals surface area contributed by atoms with Crippen molar-refractivity contribution in [3.05, 3.63) is 0 Å². The first kappa shape index (κ1) is 25.4. The molecule has 0 aromatic rings. The van der Waals surface area contributed by atoms with Crippen molar-refractivity contribution in [2.45, 2.75) is 38.8 Å². The molecule has 2 heterocycles. The van der Waals surface area contributed by atoms with Gasteiger partial charge >= 0.3 is 12.1 Å². The third-order valence-electron chi connectivity index (χ3n) is 4.36. The van der Waals surface area contributed by atoms with Crippen LogP contribution in [-0.2, 0) is 9.59 Å². The minimum absolute atomic E-state index is 0. The summed E-state index contributed by atoms with van der Waals surface area (Å²) in [7, 11) is 0. The summed E-state index contributed by atoms with van der Waals surface area (Å²) in [5.41, 5.74) is 14.0. The van der Waals surface area contributed by atoms with Gasteiger partial charge in [-0.2, -0.15) is 0 Å². The van der Waals surface area contributed by atoms with Gasteiger partial charge in [0, 0.05) is 19.6 Å². The number of halogens is 1. The zero-order valence-corrected chi connectivity index (χ0v) is 17.3. The zero-order valence-electron chi connectivity index (χ0n) is 16.4. The Hall–Kier alpha value is -2.60. The lowest BCUT2D eigenvalue weighted by Gasteiger charge is -2.27. The topological polar surface area (TPSA) is 189 Å². The van der Waals surface area contributed by atoms with E-state index in [2.05, 4.69) is 15.6 Å². The molecule has 2 aliphatic rings. The number of hydrogen-bond acceptors (Lipinski definition) is 6. The van der Waals surface area contributed by atoms with Crippen LogP contribution in [0.2, 0.25) is 0 Å². The second-order valence-corrected chi connectivity index (χ2v) is 7.04. The number of rotatable bonds is 5. The van der Waals surface area contributed by atoms with E-state index in [9.17, 15) is 19.2 Å². The Morgan fingerprint density at radius 1 is 0.893 bits per heavy atom. The average molecular weight is 421 g/mol. The van der Waals surface area contributed by atoms with E-state index in [0.717, 1.165) is 0 Å². The molecule has 12 nitrogen and oxygen atoms in total. The molecule has 6 amide bonds. The number of carbonyl (C=O) groups is 4. The number of aliphatic imine (C=N–C) groups is 1. The molecular weight excluding hydrogens is 392 g/mol. The molecule has 2 saturated heterocycles. The van der Waals surface area contributed by atoms with Gasteiger partial charge in [0.15, 0.2) is 5.96 Å². The van der Waals surface area contributed by atoms with E-state index < -0.39 is 17.1 Å². The fourth-order valence-corrected chi connectivity index (χ4v) is 2.56. The predicted octanol–water partition coefficient (Wildman–Crippen LogP) is -1.71. The standard InChI is InChI=1S/C8H15N5O2.C7H13N3O2.ClH/c1-8(2)5(14)12-7(15)13(8)4-3-11-6(9)10;1-7(2)5(11)9-6(12)10(7)4-3-8;/h3-4H2,1-2H3,(H4,9,10,11)(H,12,14,15);3-4,8H2,1-2H3,(H,9,11,12);1H.